The topological polar surface area (TPSA) is 76.1 Å². The number of carbonyl (C=O) groups excluding carboxylic acids is 1. The second-order valence-corrected chi connectivity index (χ2v) is 10.3. The van der Waals surface area contributed by atoms with Crippen molar-refractivity contribution >= 4 is 11.8 Å². The van der Waals surface area contributed by atoms with E-state index in [-0.39, 0.29) is 30.3 Å². The molecule has 2 saturated carbocycles. The van der Waals surface area contributed by atoms with Crippen molar-refractivity contribution in [2.24, 2.45) is 5.92 Å². The quantitative estimate of drug-likeness (QED) is 0.441. The molecule has 6 heteroatoms. The Bertz CT molecular complexity index is 839. The van der Waals surface area contributed by atoms with Crippen LogP contribution in [0.5, 0.6) is 0 Å². The van der Waals surface area contributed by atoms with Crippen LogP contribution in [0.4, 0.5) is 0 Å². The number of hydrogen-bond acceptors (Lipinski definition) is 5. The van der Waals surface area contributed by atoms with Gasteiger partial charge >= 0.3 is 5.97 Å². The molecule has 0 unspecified atom stereocenters. The zero-order valence-electron chi connectivity index (χ0n) is 20.9. The van der Waals surface area contributed by atoms with Crippen LogP contribution in [-0.2, 0) is 25.7 Å². The number of ketones is 1. The third kappa shape index (κ3) is 7.48. The number of carboxylic acids is 1. The lowest BCUT2D eigenvalue weighted by atomic mass is 9.84. The molecule has 4 rings (SSSR count). The number of nitrogens with zero attached hydrogens (tertiary/aromatic N) is 1. The Morgan fingerprint density at radius 1 is 1.06 bits per heavy atom. The number of benzene rings is 1. The number of carboxylic acid groups (broad SMARTS) is 1. The van der Waals surface area contributed by atoms with E-state index in [9.17, 15) is 9.59 Å². The van der Waals surface area contributed by atoms with Gasteiger partial charge in [-0.15, -0.1) is 0 Å². The maximum absolute atomic E-state index is 13.1. The van der Waals surface area contributed by atoms with Crippen LogP contribution in [0.25, 0.3) is 0 Å². The van der Waals surface area contributed by atoms with Gasteiger partial charge < -0.3 is 14.6 Å². The van der Waals surface area contributed by atoms with Gasteiger partial charge in [0, 0.05) is 31.8 Å². The first kappa shape index (κ1) is 26.1. The molecule has 0 amide bonds. The van der Waals surface area contributed by atoms with E-state index in [2.05, 4.69) is 35.2 Å². The van der Waals surface area contributed by atoms with Crippen LogP contribution in [0.15, 0.2) is 36.4 Å². The summed E-state index contributed by atoms with van der Waals surface area (Å²) in [6.07, 6.45) is 13.4. The van der Waals surface area contributed by atoms with Crippen LogP contribution in [0.3, 0.4) is 0 Å². The minimum Gasteiger partial charge on any atom is -0.481 e. The molecule has 1 saturated heterocycles. The predicted octanol–water partition coefficient (Wildman–Crippen LogP) is 5.11. The predicted molar refractivity (Wildman–Crippen MR) is 135 cm³/mol. The molecule has 0 radical (unpaired) electrons. The van der Waals surface area contributed by atoms with Gasteiger partial charge in [0.15, 0.2) is 5.78 Å². The second kappa shape index (κ2) is 13.3. The van der Waals surface area contributed by atoms with Gasteiger partial charge in [0.1, 0.15) is 0 Å². The van der Waals surface area contributed by atoms with Crippen LogP contribution in [0.2, 0.25) is 0 Å². The number of ether oxygens (including phenoxy) is 2. The molecule has 0 aromatic heterocycles. The lowest BCUT2D eigenvalue weighted by Crippen LogP contribution is -2.49. The highest BCUT2D eigenvalue weighted by atomic mass is 16.5. The average molecular weight is 484 g/mol. The molecular formula is C29H41NO5. The molecule has 6 nitrogen and oxygen atoms in total. The summed E-state index contributed by atoms with van der Waals surface area (Å²) in [5.74, 6) is 0.354. The molecule has 3 fully saturated rings. The van der Waals surface area contributed by atoms with Crippen molar-refractivity contribution in [1.29, 1.82) is 0 Å². The molecule has 2 aliphatic carbocycles. The summed E-state index contributed by atoms with van der Waals surface area (Å²) in [5, 5.41) is 8.82. The highest BCUT2D eigenvalue weighted by Gasteiger charge is 2.45. The Hall–Kier alpha value is -2.02. The molecule has 1 aromatic carbocycles. The van der Waals surface area contributed by atoms with Crippen molar-refractivity contribution < 1.29 is 24.2 Å². The Kier molecular flexibility index (Phi) is 9.93. The van der Waals surface area contributed by atoms with Crippen molar-refractivity contribution in [1.82, 2.24) is 4.90 Å². The number of aliphatic carboxylic acids is 1. The fourth-order valence-corrected chi connectivity index (χ4v) is 6.03. The first-order valence-electron chi connectivity index (χ1n) is 13.5. The zero-order valence-corrected chi connectivity index (χ0v) is 20.9. The molecular weight excluding hydrogens is 442 g/mol. The summed E-state index contributed by atoms with van der Waals surface area (Å²) in [6, 6.07) is 8.82. The minimum atomic E-state index is -0.774. The summed E-state index contributed by atoms with van der Waals surface area (Å²) in [7, 11) is 0. The van der Waals surface area contributed by atoms with Crippen molar-refractivity contribution in [2.45, 2.75) is 88.9 Å². The fourth-order valence-electron chi connectivity index (χ4n) is 6.03. The molecule has 35 heavy (non-hydrogen) atoms. The van der Waals surface area contributed by atoms with E-state index in [1.165, 1.54) is 43.2 Å². The highest BCUT2D eigenvalue weighted by molar-refractivity contribution is 5.87. The van der Waals surface area contributed by atoms with Gasteiger partial charge in [-0.3, -0.25) is 14.5 Å². The molecule has 1 aliphatic heterocycles. The van der Waals surface area contributed by atoms with E-state index < -0.39 is 5.97 Å². The maximum atomic E-state index is 13.1. The molecule has 1 aromatic rings. The average Bonchev–Trinajstić information content (AvgIpc) is 3.20. The van der Waals surface area contributed by atoms with E-state index in [0.29, 0.717) is 38.6 Å². The molecule has 192 valence electrons. The van der Waals surface area contributed by atoms with Gasteiger partial charge in [0.25, 0.3) is 0 Å². The minimum absolute atomic E-state index is 0.0826. The van der Waals surface area contributed by atoms with Crippen molar-refractivity contribution in [3.05, 3.63) is 47.5 Å². The van der Waals surface area contributed by atoms with Crippen molar-refractivity contribution in [2.75, 3.05) is 26.3 Å². The lowest BCUT2D eigenvalue weighted by molar-refractivity contribution is -0.136. The summed E-state index contributed by atoms with van der Waals surface area (Å²) in [6.45, 7) is 3.45. The molecule has 0 bridgehead atoms. The molecule has 3 atom stereocenters. The summed E-state index contributed by atoms with van der Waals surface area (Å²) >= 11 is 0. The molecule has 1 N–H and O–H groups in total. The molecule has 3 aliphatic rings. The van der Waals surface area contributed by atoms with Crippen LogP contribution in [0, 0.1) is 5.92 Å². The van der Waals surface area contributed by atoms with Gasteiger partial charge in [0.2, 0.25) is 0 Å². The summed E-state index contributed by atoms with van der Waals surface area (Å²) < 4.78 is 11.9. The SMILES string of the molecule is O=C(O)CCC=CCC[C@H]1[C@@H](OCc2ccc(C3CCCCC3)cc2)CC(=O)[C@@H]1N1CCOCC1. The highest BCUT2D eigenvalue weighted by Crippen LogP contribution is 2.35. The number of carbonyl (C=O) groups is 2. The smallest absolute Gasteiger partial charge is 0.303 e. The second-order valence-electron chi connectivity index (χ2n) is 10.3. The first-order chi connectivity index (χ1) is 17.1. The molecule has 0 spiro atoms. The third-order valence-corrected chi connectivity index (χ3v) is 7.93. The number of allylic oxidation sites excluding steroid dienone is 2. The van der Waals surface area contributed by atoms with Crippen molar-refractivity contribution in [3.63, 3.8) is 0 Å². The van der Waals surface area contributed by atoms with Crippen LogP contribution < -0.4 is 0 Å². The number of morpholine rings is 1. The Morgan fingerprint density at radius 2 is 1.77 bits per heavy atom. The molecule has 1 heterocycles. The fraction of sp³-hybridized carbons (Fsp3) is 0.655. The first-order valence-corrected chi connectivity index (χ1v) is 13.5. The third-order valence-electron chi connectivity index (χ3n) is 7.93. The Morgan fingerprint density at radius 3 is 2.49 bits per heavy atom. The van der Waals surface area contributed by atoms with Crippen LogP contribution in [-0.4, -0.2) is 60.2 Å². The van der Waals surface area contributed by atoms with E-state index in [1.807, 2.05) is 6.08 Å². The zero-order chi connectivity index (χ0) is 24.5. The van der Waals surface area contributed by atoms with Gasteiger partial charge in [-0.05, 0) is 49.1 Å². The Labute approximate surface area is 209 Å². The van der Waals surface area contributed by atoms with Crippen LogP contribution in [0.1, 0.15) is 81.3 Å². The summed E-state index contributed by atoms with van der Waals surface area (Å²) in [4.78, 5) is 26.1. The van der Waals surface area contributed by atoms with Gasteiger partial charge in [-0.1, -0.05) is 55.7 Å². The largest absolute Gasteiger partial charge is 0.481 e. The monoisotopic (exact) mass is 483 g/mol. The van der Waals surface area contributed by atoms with Crippen molar-refractivity contribution in [3.8, 4) is 0 Å². The van der Waals surface area contributed by atoms with Gasteiger partial charge in [-0.2, -0.15) is 0 Å². The van der Waals surface area contributed by atoms with E-state index in [1.54, 1.807) is 0 Å². The summed E-state index contributed by atoms with van der Waals surface area (Å²) in [5.41, 5.74) is 2.61. The number of Topliss-reactive ketones (excluding diaryl/α,β-unsaturated/α-hetero) is 1. The Balaban J connectivity index is 1.35. The van der Waals surface area contributed by atoms with Gasteiger partial charge in [0.05, 0.1) is 32.0 Å². The number of rotatable bonds is 11. The van der Waals surface area contributed by atoms with Gasteiger partial charge in [-0.25, -0.2) is 0 Å². The lowest BCUT2D eigenvalue weighted by Gasteiger charge is -2.35. The standard InChI is InChI=1S/C29H41NO5/c31-26-20-27(35-21-22-12-14-24(15-13-22)23-8-4-3-5-9-23)25(10-6-1-2-7-11-28(32)33)29(26)30-16-18-34-19-17-30/h1-2,12-15,23,25,27,29H,3-11,16-21H2,(H,32,33)/t25-,27-,29+/m0/s1. The maximum Gasteiger partial charge on any atom is 0.303 e. The van der Waals surface area contributed by atoms with E-state index in [0.717, 1.165) is 25.9 Å². The van der Waals surface area contributed by atoms with E-state index >= 15 is 0 Å². The number of hydrogen-bond donors (Lipinski definition) is 1. The normalized spacial score (nSPS) is 26.5. The van der Waals surface area contributed by atoms with E-state index in [4.69, 9.17) is 14.6 Å². The van der Waals surface area contributed by atoms with Crippen LogP contribution >= 0.6 is 0 Å².